The van der Waals surface area contributed by atoms with E-state index < -0.39 is 6.04 Å². The first-order chi connectivity index (χ1) is 12.7. The van der Waals surface area contributed by atoms with Gasteiger partial charge in [0.15, 0.2) is 0 Å². The molecule has 0 heterocycles. The Balaban J connectivity index is 2.18. The van der Waals surface area contributed by atoms with Crippen LogP contribution in [-0.2, 0) is 15.0 Å². The second kappa shape index (κ2) is 8.71. The summed E-state index contributed by atoms with van der Waals surface area (Å²) in [7, 11) is 1.60. The fourth-order valence-corrected chi connectivity index (χ4v) is 2.97. The van der Waals surface area contributed by atoms with Crippen molar-refractivity contribution in [3.63, 3.8) is 0 Å². The average molecular weight is 368 g/mol. The van der Waals surface area contributed by atoms with Crippen molar-refractivity contribution in [1.82, 2.24) is 5.32 Å². The van der Waals surface area contributed by atoms with E-state index in [-0.39, 0.29) is 23.7 Å². The third-order valence-corrected chi connectivity index (χ3v) is 4.29. The van der Waals surface area contributed by atoms with Gasteiger partial charge in [0.05, 0.1) is 19.6 Å². The van der Waals surface area contributed by atoms with Gasteiger partial charge in [0.2, 0.25) is 11.8 Å². The van der Waals surface area contributed by atoms with Crippen molar-refractivity contribution in [2.24, 2.45) is 0 Å². The third kappa shape index (κ3) is 5.84. The first-order valence-electron chi connectivity index (χ1n) is 9.01. The summed E-state index contributed by atoms with van der Waals surface area (Å²) in [6.07, 6.45) is 0.143. The van der Waals surface area contributed by atoms with Crippen LogP contribution in [-0.4, -0.2) is 18.9 Å². The monoisotopic (exact) mass is 368 g/mol. The zero-order valence-corrected chi connectivity index (χ0v) is 16.6. The minimum absolute atomic E-state index is 0.0864. The molecule has 0 saturated heterocycles. The summed E-state index contributed by atoms with van der Waals surface area (Å²) in [4.78, 5) is 24.3. The molecule has 0 saturated carbocycles. The van der Waals surface area contributed by atoms with Crippen molar-refractivity contribution in [2.45, 2.75) is 45.6 Å². The molecule has 5 heteroatoms. The number of nitrogens with one attached hydrogen (secondary N) is 2. The molecule has 0 aromatic heterocycles. The molecular weight excluding hydrogens is 340 g/mol. The standard InChI is InChI=1S/C22H28N2O3/c1-15(25)23-20(16-10-12-17(27-5)13-11-16)14-21(26)24-19-9-7-6-8-18(19)22(2,3)4/h6-13,20H,14H2,1-5H3,(H,23,25)(H,24,26). The fourth-order valence-electron chi connectivity index (χ4n) is 2.97. The number of amides is 2. The molecule has 0 aliphatic heterocycles. The van der Waals surface area contributed by atoms with Crippen molar-refractivity contribution >= 4 is 17.5 Å². The SMILES string of the molecule is COc1ccc(C(CC(=O)Nc2ccccc2C(C)(C)C)NC(C)=O)cc1. The molecule has 0 radical (unpaired) electrons. The van der Waals surface area contributed by atoms with Crippen LogP contribution in [0.5, 0.6) is 5.75 Å². The lowest BCUT2D eigenvalue weighted by Gasteiger charge is -2.24. The number of rotatable bonds is 6. The van der Waals surface area contributed by atoms with Crippen LogP contribution in [0.25, 0.3) is 0 Å². The molecule has 2 rings (SSSR count). The highest BCUT2D eigenvalue weighted by Crippen LogP contribution is 2.30. The highest BCUT2D eigenvalue weighted by Gasteiger charge is 2.21. The highest BCUT2D eigenvalue weighted by molar-refractivity contribution is 5.92. The molecule has 0 fully saturated rings. The topological polar surface area (TPSA) is 67.4 Å². The van der Waals surface area contributed by atoms with Crippen LogP contribution in [0.15, 0.2) is 48.5 Å². The van der Waals surface area contributed by atoms with Crippen molar-refractivity contribution < 1.29 is 14.3 Å². The summed E-state index contributed by atoms with van der Waals surface area (Å²) in [5, 5.41) is 5.85. The number of carbonyl (C=O) groups is 2. The summed E-state index contributed by atoms with van der Waals surface area (Å²) in [5.74, 6) is 0.392. The fraction of sp³-hybridized carbons (Fsp3) is 0.364. The lowest BCUT2D eigenvalue weighted by molar-refractivity contribution is -0.120. The summed E-state index contributed by atoms with van der Waals surface area (Å²) in [5.41, 5.74) is 2.63. The molecule has 5 nitrogen and oxygen atoms in total. The number of para-hydroxylation sites is 1. The van der Waals surface area contributed by atoms with E-state index in [1.54, 1.807) is 7.11 Å². The Hall–Kier alpha value is -2.82. The largest absolute Gasteiger partial charge is 0.497 e. The molecule has 1 unspecified atom stereocenters. The van der Waals surface area contributed by atoms with E-state index in [1.807, 2.05) is 48.5 Å². The quantitative estimate of drug-likeness (QED) is 0.803. The second-order valence-corrected chi connectivity index (χ2v) is 7.57. The van der Waals surface area contributed by atoms with E-state index in [0.717, 1.165) is 22.6 Å². The molecule has 2 aromatic carbocycles. The van der Waals surface area contributed by atoms with E-state index in [2.05, 4.69) is 31.4 Å². The molecule has 0 bridgehead atoms. The van der Waals surface area contributed by atoms with Crippen molar-refractivity contribution in [3.8, 4) is 5.75 Å². The number of hydrogen-bond donors (Lipinski definition) is 2. The van der Waals surface area contributed by atoms with Crippen LogP contribution >= 0.6 is 0 Å². The maximum Gasteiger partial charge on any atom is 0.226 e. The van der Waals surface area contributed by atoms with Crippen molar-refractivity contribution in [1.29, 1.82) is 0 Å². The maximum absolute atomic E-state index is 12.7. The van der Waals surface area contributed by atoms with Gasteiger partial charge in [0, 0.05) is 12.6 Å². The van der Waals surface area contributed by atoms with E-state index in [0.29, 0.717) is 0 Å². The van der Waals surface area contributed by atoms with E-state index in [4.69, 9.17) is 4.74 Å². The Bertz CT molecular complexity index is 792. The number of ether oxygens (including phenoxy) is 1. The van der Waals surface area contributed by atoms with Gasteiger partial charge in [0.25, 0.3) is 0 Å². The van der Waals surface area contributed by atoms with Crippen LogP contribution in [0.2, 0.25) is 0 Å². The summed E-state index contributed by atoms with van der Waals surface area (Å²) >= 11 is 0. The van der Waals surface area contributed by atoms with Crippen LogP contribution < -0.4 is 15.4 Å². The van der Waals surface area contributed by atoms with Gasteiger partial charge in [-0.3, -0.25) is 9.59 Å². The number of hydrogen-bond acceptors (Lipinski definition) is 3. The predicted molar refractivity (Wildman–Crippen MR) is 108 cm³/mol. The van der Waals surface area contributed by atoms with Crippen LogP contribution in [0.3, 0.4) is 0 Å². The Morgan fingerprint density at radius 3 is 2.22 bits per heavy atom. The average Bonchev–Trinajstić information content (AvgIpc) is 2.60. The molecule has 2 N–H and O–H groups in total. The molecular formula is C22H28N2O3. The van der Waals surface area contributed by atoms with Crippen molar-refractivity contribution in [2.75, 3.05) is 12.4 Å². The van der Waals surface area contributed by atoms with Gasteiger partial charge in [-0.1, -0.05) is 51.1 Å². The van der Waals surface area contributed by atoms with Gasteiger partial charge in [-0.25, -0.2) is 0 Å². The van der Waals surface area contributed by atoms with Gasteiger partial charge in [-0.2, -0.15) is 0 Å². The molecule has 2 aromatic rings. The van der Waals surface area contributed by atoms with Crippen LogP contribution in [0.4, 0.5) is 5.69 Å². The summed E-state index contributed by atoms with van der Waals surface area (Å²) in [6, 6.07) is 14.7. The minimum Gasteiger partial charge on any atom is -0.497 e. The number of benzene rings is 2. The van der Waals surface area contributed by atoms with E-state index in [9.17, 15) is 9.59 Å². The first kappa shape index (κ1) is 20.5. The maximum atomic E-state index is 12.7. The Morgan fingerprint density at radius 2 is 1.67 bits per heavy atom. The lowest BCUT2D eigenvalue weighted by atomic mass is 9.86. The van der Waals surface area contributed by atoms with Gasteiger partial charge in [-0.05, 0) is 34.7 Å². The van der Waals surface area contributed by atoms with Crippen LogP contribution in [0, 0.1) is 0 Å². The normalized spacial score (nSPS) is 12.2. The van der Waals surface area contributed by atoms with Gasteiger partial charge < -0.3 is 15.4 Å². The molecule has 0 aliphatic carbocycles. The minimum atomic E-state index is -0.407. The Morgan fingerprint density at radius 1 is 1.04 bits per heavy atom. The molecule has 0 aliphatic rings. The van der Waals surface area contributed by atoms with E-state index >= 15 is 0 Å². The highest BCUT2D eigenvalue weighted by atomic mass is 16.5. The summed E-state index contributed by atoms with van der Waals surface area (Å²) < 4.78 is 5.17. The van der Waals surface area contributed by atoms with Crippen molar-refractivity contribution in [3.05, 3.63) is 59.7 Å². The van der Waals surface area contributed by atoms with E-state index in [1.165, 1.54) is 6.92 Å². The molecule has 2 amide bonds. The summed E-state index contributed by atoms with van der Waals surface area (Å²) in [6.45, 7) is 7.77. The van der Waals surface area contributed by atoms with Gasteiger partial charge >= 0.3 is 0 Å². The smallest absolute Gasteiger partial charge is 0.226 e. The Labute approximate surface area is 161 Å². The Kier molecular flexibility index (Phi) is 6.61. The second-order valence-electron chi connectivity index (χ2n) is 7.57. The molecule has 27 heavy (non-hydrogen) atoms. The zero-order chi connectivity index (χ0) is 20.0. The molecule has 144 valence electrons. The molecule has 1 atom stereocenters. The van der Waals surface area contributed by atoms with Gasteiger partial charge in [0.1, 0.15) is 5.75 Å². The van der Waals surface area contributed by atoms with Gasteiger partial charge in [-0.15, -0.1) is 0 Å². The zero-order valence-electron chi connectivity index (χ0n) is 16.6. The first-order valence-corrected chi connectivity index (χ1v) is 9.01. The number of anilines is 1. The van der Waals surface area contributed by atoms with Crippen LogP contribution in [0.1, 0.15) is 51.3 Å². The lowest BCUT2D eigenvalue weighted by Crippen LogP contribution is -2.30. The number of carbonyl (C=O) groups excluding carboxylic acids is 2. The molecule has 0 spiro atoms. The third-order valence-electron chi connectivity index (χ3n) is 4.29. The number of methoxy groups -OCH3 is 1. The predicted octanol–water partition coefficient (Wildman–Crippen LogP) is 4.20.